The highest BCUT2D eigenvalue weighted by atomic mass is 32.2. The minimum atomic E-state index is -1.02. The van der Waals surface area contributed by atoms with E-state index in [4.69, 9.17) is 14.6 Å². The standard InChI is InChI=1S/C19H19N3O5S/c1-13-9-16(7-8-17(13)27-10-18(23)24)28-12-22-19(25)21(11-20-22)14-3-5-15(26-2)6-4-14/h3-9,11H,10,12H2,1-2H3,(H,23,24). The first-order valence-corrected chi connectivity index (χ1v) is 9.33. The van der Waals surface area contributed by atoms with Crippen LogP contribution in [0, 0.1) is 6.92 Å². The van der Waals surface area contributed by atoms with Crippen molar-refractivity contribution in [2.75, 3.05) is 13.7 Å². The fourth-order valence-corrected chi connectivity index (χ4v) is 3.37. The highest BCUT2D eigenvalue weighted by Crippen LogP contribution is 2.26. The molecule has 146 valence electrons. The van der Waals surface area contributed by atoms with Gasteiger partial charge in [0.25, 0.3) is 0 Å². The Hall–Kier alpha value is -3.20. The highest BCUT2D eigenvalue weighted by molar-refractivity contribution is 7.98. The van der Waals surface area contributed by atoms with Gasteiger partial charge in [-0.25, -0.2) is 18.8 Å². The van der Waals surface area contributed by atoms with E-state index in [1.807, 2.05) is 19.1 Å². The van der Waals surface area contributed by atoms with Crippen molar-refractivity contribution in [3.05, 3.63) is 64.8 Å². The van der Waals surface area contributed by atoms with Crippen molar-refractivity contribution in [3.63, 3.8) is 0 Å². The molecule has 0 fully saturated rings. The van der Waals surface area contributed by atoms with Crippen molar-refractivity contribution >= 4 is 17.7 Å². The van der Waals surface area contributed by atoms with Crippen molar-refractivity contribution in [3.8, 4) is 17.2 Å². The zero-order valence-electron chi connectivity index (χ0n) is 15.4. The number of nitrogens with zero attached hydrogens (tertiary/aromatic N) is 3. The number of ether oxygens (including phenoxy) is 2. The maximum absolute atomic E-state index is 12.6. The summed E-state index contributed by atoms with van der Waals surface area (Å²) < 4.78 is 13.2. The predicted octanol–water partition coefficient (Wildman–Crippen LogP) is 2.56. The van der Waals surface area contributed by atoms with E-state index in [1.165, 1.54) is 27.3 Å². The van der Waals surface area contributed by atoms with Crippen LogP contribution >= 0.6 is 11.8 Å². The summed E-state index contributed by atoms with van der Waals surface area (Å²) in [7, 11) is 1.59. The molecule has 0 amide bonds. The van der Waals surface area contributed by atoms with Crippen molar-refractivity contribution < 1.29 is 19.4 Å². The van der Waals surface area contributed by atoms with Crippen LogP contribution in [-0.4, -0.2) is 39.1 Å². The molecule has 3 aromatic rings. The van der Waals surface area contributed by atoms with E-state index in [-0.39, 0.29) is 12.3 Å². The molecule has 3 rings (SSSR count). The molecule has 8 nitrogen and oxygen atoms in total. The van der Waals surface area contributed by atoms with Gasteiger partial charge in [0.2, 0.25) is 0 Å². The van der Waals surface area contributed by atoms with Gasteiger partial charge in [-0.15, -0.1) is 11.8 Å². The zero-order valence-corrected chi connectivity index (χ0v) is 16.2. The molecule has 1 N–H and O–H groups in total. The third kappa shape index (κ3) is 4.55. The first kappa shape index (κ1) is 19.6. The van der Waals surface area contributed by atoms with Gasteiger partial charge in [-0.3, -0.25) is 0 Å². The Labute approximate surface area is 165 Å². The van der Waals surface area contributed by atoms with Crippen LogP contribution in [0.3, 0.4) is 0 Å². The Morgan fingerprint density at radius 2 is 1.96 bits per heavy atom. The fourth-order valence-electron chi connectivity index (χ4n) is 2.49. The predicted molar refractivity (Wildman–Crippen MR) is 105 cm³/mol. The lowest BCUT2D eigenvalue weighted by Crippen LogP contribution is -2.23. The van der Waals surface area contributed by atoms with E-state index >= 15 is 0 Å². The third-order valence-corrected chi connectivity index (χ3v) is 4.90. The SMILES string of the molecule is COc1ccc(-n2cnn(CSc3ccc(OCC(=O)O)c(C)c3)c2=O)cc1. The van der Waals surface area contributed by atoms with Crippen molar-refractivity contribution in [2.45, 2.75) is 17.7 Å². The Morgan fingerprint density at radius 1 is 1.21 bits per heavy atom. The normalized spacial score (nSPS) is 10.6. The second kappa shape index (κ2) is 8.66. The maximum atomic E-state index is 12.6. The number of aryl methyl sites for hydroxylation is 1. The zero-order chi connectivity index (χ0) is 20.1. The second-order valence-corrected chi connectivity index (χ2v) is 6.88. The largest absolute Gasteiger partial charge is 0.497 e. The van der Waals surface area contributed by atoms with Gasteiger partial charge in [-0.05, 0) is 55.0 Å². The van der Waals surface area contributed by atoms with Gasteiger partial charge < -0.3 is 14.6 Å². The summed E-state index contributed by atoms with van der Waals surface area (Å²) in [6, 6.07) is 12.6. The number of benzene rings is 2. The molecule has 1 heterocycles. The molecular weight excluding hydrogens is 382 g/mol. The van der Waals surface area contributed by atoms with Gasteiger partial charge in [0.15, 0.2) is 6.61 Å². The van der Waals surface area contributed by atoms with Gasteiger partial charge in [-0.2, -0.15) is 5.10 Å². The van der Waals surface area contributed by atoms with Crippen molar-refractivity contribution in [1.29, 1.82) is 0 Å². The van der Waals surface area contributed by atoms with Crippen LogP contribution in [0.2, 0.25) is 0 Å². The molecule has 0 atom stereocenters. The Kier molecular flexibility index (Phi) is 6.05. The van der Waals surface area contributed by atoms with Crippen LogP contribution in [0.15, 0.2) is 58.5 Å². The second-order valence-electron chi connectivity index (χ2n) is 5.86. The number of carboxylic acid groups (broad SMARTS) is 1. The molecule has 0 aliphatic carbocycles. The topological polar surface area (TPSA) is 95.6 Å². The van der Waals surface area contributed by atoms with Gasteiger partial charge in [0.1, 0.15) is 17.8 Å². The number of carboxylic acids is 1. The lowest BCUT2D eigenvalue weighted by molar-refractivity contribution is -0.139. The summed E-state index contributed by atoms with van der Waals surface area (Å²) in [4.78, 5) is 24.1. The molecule has 0 spiro atoms. The van der Waals surface area contributed by atoms with Crippen LogP contribution in [0.1, 0.15) is 5.56 Å². The van der Waals surface area contributed by atoms with E-state index < -0.39 is 5.97 Å². The number of methoxy groups -OCH3 is 1. The molecule has 0 aliphatic rings. The number of hydrogen-bond acceptors (Lipinski definition) is 6. The number of hydrogen-bond donors (Lipinski definition) is 1. The molecule has 9 heteroatoms. The van der Waals surface area contributed by atoms with Crippen LogP contribution in [0.5, 0.6) is 11.5 Å². The molecule has 0 saturated carbocycles. The van der Waals surface area contributed by atoms with Gasteiger partial charge >= 0.3 is 11.7 Å². The average Bonchev–Trinajstić information content (AvgIpc) is 3.06. The lowest BCUT2D eigenvalue weighted by Gasteiger charge is -2.09. The minimum absolute atomic E-state index is 0.240. The highest BCUT2D eigenvalue weighted by Gasteiger charge is 2.09. The Balaban J connectivity index is 1.68. The molecule has 0 unspecified atom stereocenters. The van der Waals surface area contributed by atoms with Crippen LogP contribution < -0.4 is 15.2 Å². The summed E-state index contributed by atoms with van der Waals surface area (Å²) >= 11 is 1.44. The quantitative estimate of drug-likeness (QED) is 0.580. The van der Waals surface area contributed by atoms with Crippen LogP contribution in [-0.2, 0) is 10.7 Å². The Bertz CT molecular complexity index is 1030. The third-order valence-electron chi connectivity index (χ3n) is 3.94. The number of aliphatic carboxylic acids is 1. The van der Waals surface area contributed by atoms with E-state index in [9.17, 15) is 9.59 Å². The summed E-state index contributed by atoms with van der Waals surface area (Å²) in [6.07, 6.45) is 1.48. The number of rotatable bonds is 8. The number of aromatic nitrogens is 3. The van der Waals surface area contributed by atoms with Crippen molar-refractivity contribution in [2.24, 2.45) is 0 Å². The first-order valence-electron chi connectivity index (χ1n) is 8.35. The van der Waals surface area contributed by atoms with E-state index in [0.717, 1.165) is 10.5 Å². The van der Waals surface area contributed by atoms with Crippen molar-refractivity contribution in [1.82, 2.24) is 14.3 Å². The van der Waals surface area contributed by atoms with Gasteiger partial charge in [-0.1, -0.05) is 0 Å². The number of carbonyl (C=O) groups is 1. The number of thioether (sulfide) groups is 1. The lowest BCUT2D eigenvalue weighted by atomic mass is 10.2. The first-order chi connectivity index (χ1) is 13.5. The molecule has 0 radical (unpaired) electrons. The molecule has 28 heavy (non-hydrogen) atoms. The molecule has 0 bridgehead atoms. The average molecular weight is 401 g/mol. The fraction of sp³-hybridized carbons (Fsp3) is 0.211. The van der Waals surface area contributed by atoms with Crippen LogP contribution in [0.4, 0.5) is 0 Å². The van der Waals surface area contributed by atoms with E-state index in [2.05, 4.69) is 5.10 Å². The maximum Gasteiger partial charge on any atom is 0.351 e. The smallest absolute Gasteiger partial charge is 0.351 e. The van der Waals surface area contributed by atoms with Gasteiger partial charge in [0, 0.05) is 4.90 Å². The van der Waals surface area contributed by atoms with E-state index in [0.29, 0.717) is 23.1 Å². The molecule has 2 aromatic carbocycles. The summed E-state index contributed by atoms with van der Waals surface area (Å²) in [6.45, 7) is 1.46. The van der Waals surface area contributed by atoms with Gasteiger partial charge in [0.05, 0.1) is 18.7 Å². The molecular formula is C19H19N3O5S. The minimum Gasteiger partial charge on any atom is -0.497 e. The molecule has 0 aliphatic heterocycles. The summed E-state index contributed by atoms with van der Waals surface area (Å²) in [5, 5.41) is 12.9. The monoisotopic (exact) mass is 401 g/mol. The molecule has 0 saturated heterocycles. The molecule has 1 aromatic heterocycles. The van der Waals surface area contributed by atoms with E-state index in [1.54, 1.807) is 37.4 Å². The summed E-state index contributed by atoms with van der Waals surface area (Å²) in [5.74, 6) is 0.555. The van der Waals surface area contributed by atoms with Crippen LogP contribution in [0.25, 0.3) is 5.69 Å². The summed E-state index contributed by atoms with van der Waals surface area (Å²) in [5.41, 5.74) is 1.29. The Morgan fingerprint density at radius 3 is 2.61 bits per heavy atom.